The second-order valence-corrected chi connectivity index (χ2v) is 6.25. The Morgan fingerprint density at radius 1 is 1.14 bits per heavy atom. The topological polar surface area (TPSA) is 38.8 Å². The number of rotatable bonds is 1. The summed E-state index contributed by atoms with van der Waals surface area (Å²) in [5.74, 6) is 0.0297. The fourth-order valence-corrected chi connectivity index (χ4v) is 3.88. The number of anilines is 1. The van der Waals surface area contributed by atoms with Crippen LogP contribution < -0.4 is 4.90 Å². The Hall–Kier alpha value is -1.39. The number of fused-ring (bicyclic) bond motifs is 1. The average molecular weight is 287 g/mol. The Labute approximate surface area is 125 Å². The number of benzene rings is 1. The van der Waals surface area contributed by atoms with Crippen LogP contribution in [0.4, 0.5) is 5.69 Å². The molecular weight excluding hydrogens is 266 g/mol. The van der Waals surface area contributed by atoms with E-state index in [0.29, 0.717) is 13.2 Å². The maximum atomic E-state index is 12.8. The van der Waals surface area contributed by atoms with Gasteiger partial charge in [-0.2, -0.15) is 0 Å². The highest BCUT2D eigenvalue weighted by atomic mass is 16.7. The van der Waals surface area contributed by atoms with Crippen molar-refractivity contribution in [3.8, 4) is 0 Å². The summed E-state index contributed by atoms with van der Waals surface area (Å²) >= 11 is 0. The fraction of sp³-hybridized carbons (Fsp3) is 0.588. The number of carbonyl (C=O) groups is 1. The van der Waals surface area contributed by atoms with E-state index in [1.54, 1.807) is 0 Å². The Morgan fingerprint density at radius 3 is 2.62 bits per heavy atom. The van der Waals surface area contributed by atoms with Crippen LogP contribution in [0.3, 0.4) is 0 Å². The first-order valence-corrected chi connectivity index (χ1v) is 7.95. The molecule has 1 saturated heterocycles. The van der Waals surface area contributed by atoms with Crippen LogP contribution in [0.2, 0.25) is 0 Å². The summed E-state index contributed by atoms with van der Waals surface area (Å²) in [6.45, 7) is 2.21. The molecule has 4 rings (SSSR count). The van der Waals surface area contributed by atoms with Crippen molar-refractivity contribution < 1.29 is 14.3 Å². The normalized spacial score (nSPS) is 24.5. The van der Waals surface area contributed by atoms with Crippen molar-refractivity contribution in [3.63, 3.8) is 0 Å². The number of para-hydroxylation sites is 1. The standard InChI is InChI=1S/C17H21NO3/c19-16(18-10-7-13-3-1-2-4-15(13)18)14-5-8-17(9-6-14)20-11-12-21-17/h1-4,14H,5-12H2. The van der Waals surface area contributed by atoms with Crippen LogP contribution in [0.15, 0.2) is 24.3 Å². The second kappa shape index (κ2) is 5.11. The summed E-state index contributed by atoms with van der Waals surface area (Å²) in [5, 5.41) is 0. The van der Waals surface area contributed by atoms with Crippen LogP contribution in [-0.2, 0) is 20.7 Å². The van der Waals surface area contributed by atoms with Crippen molar-refractivity contribution in [2.45, 2.75) is 37.9 Å². The number of hydrogen-bond donors (Lipinski definition) is 0. The third-order valence-electron chi connectivity index (χ3n) is 5.06. The lowest BCUT2D eigenvalue weighted by atomic mass is 9.84. The number of amides is 1. The average Bonchev–Trinajstić information content (AvgIpc) is 3.15. The van der Waals surface area contributed by atoms with Gasteiger partial charge >= 0.3 is 0 Å². The SMILES string of the molecule is O=C(C1CCC2(CC1)OCCO2)N1CCc2ccccc21. The van der Waals surface area contributed by atoms with Crippen LogP contribution in [0.1, 0.15) is 31.2 Å². The molecule has 1 aromatic carbocycles. The molecule has 1 spiro atoms. The van der Waals surface area contributed by atoms with Crippen molar-refractivity contribution in [3.05, 3.63) is 29.8 Å². The molecule has 4 heteroatoms. The smallest absolute Gasteiger partial charge is 0.230 e. The minimum absolute atomic E-state index is 0.120. The van der Waals surface area contributed by atoms with Gasteiger partial charge in [0.1, 0.15) is 0 Å². The number of hydrogen-bond acceptors (Lipinski definition) is 3. The molecule has 1 aromatic rings. The van der Waals surface area contributed by atoms with Gasteiger partial charge < -0.3 is 14.4 Å². The summed E-state index contributed by atoms with van der Waals surface area (Å²) in [5.41, 5.74) is 2.40. The molecule has 2 aliphatic heterocycles. The Balaban J connectivity index is 1.45. The van der Waals surface area contributed by atoms with Gasteiger partial charge in [-0.1, -0.05) is 18.2 Å². The molecule has 21 heavy (non-hydrogen) atoms. The van der Waals surface area contributed by atoms with Crippen molar-refractivity contribution in [1.82, 2.24) is 0 Å². The first-order chi connectivity index (χ1) is 10.3. The highest BCUT2D eigenvalue weighted by molar-refractivity contribution is 5.97. The highest BCUT2D eigenvalue weighted by Crippen LogP contribution is 2.40. The van der Waals surface area contributed by atoms with Crippen molar-refractivity contribution in [2.75, 3.05) is 24.7 Å². The van der Waals surface area contributed by atoms with Crippen molar-refractivity contribution in [1.29, 1.82) is 0 Å². The van der Waals surface area contributed by atoms with Gasteiger partial charge in [0.25, 0.3) is 0 Å². The molecule has 0 bridgehead atoms. The molecule has 2 fully saturated rings. The highest BCUT2D eigenvalue weighted by Gasteiger charge is 2.43. The number of nitrogens with zero attached hydrogens (tertiary/aromatic N) is 1. The van der Waals surface area contributed by atoms with Gasteiger partial charge in [0.05, 0.1) is 13.2 Å². The van der Waals surface area contributed by atoms with E-state index in [-0.39, 0.29) is 17.6 Å². The summed E-state index contributed by atoms with van der Waals surface area (Å²) in [4.78, 5) is 14.8. The third-order valence-corrected chi connectivity index (χ3v) is 5.06. The van der Waals surface area contributed by atoms with E-state index in [1.165, 1.54) is 5.56 Å². The van der Waals surface area contributed by atoms with Crippen LogP contribution in [0, 0.1) is 5.92 Å². The maximum Gasteiger partial charge on any atom is 0.230 e. The van der Waals surface area contributed by atoms with Gasteiger partial charge in [-0.3, -0.25) is 4.79 Å². The minimum atomic E-state index is -0.375. The molecule has 0 N–H and O–H groups in total. The van der Waals surface area contributed by atoms with E-state index in [0.717, 1.165) is 44.3 Å². The second-order valence-electron chi connectivity index (χ2n) is 6.25. The summed E-state index contributed by atoms with van der Waals surface area (Å²) in [6.07, 6.45) is 4.41. The van der Waals surface area contributed by atoms with Crippen LogP contribution in [-0.4, -0.2) is 31.5 Å². The van der Waals surface area contributed by atoms with Gasteiger partial charge in [0.15, 0.2) is 5.79 Å². The van der Waals surface area contributed by atoms with Crippen LogP contribution in [0.25, 0.3) is 0 Å². The van der Waals surface area contributed by atoms with E-state index in [4.69, 9.17) is 9.47 Å². The number of ether oxygens (including phenoxy) is 2. The largest absolute Gasteiger partial charge is 0.348 e. The van der Waals surface area contributed by atoms with Gasteiger partial charge in [0.2, 0.25) is 5.91 Å². The van der Waals surface area contributed by atoms with Gasteiger partial charge in [0, 0.05) is 31.0 Å². The molecule has 4 nitrogen and oxygen atoms in total. The first kappa shape index (κ1) is 13.3. The van der Waals surface area contributed by atoms with Crippen LogP contribution in [0.5, 0.6) is 0 Å². The molecule has 0 unspecified atom stereocenters. The Bertz CT molecular complexity index is 541. The lowest BCUT2D eigenvalue weighted by Crippen LogP contribution is -2.41. The summed E-state index contributed by atoms with van der Waals surface area (Å²) in [7, 11) is 0. The van der Waals surface area contributed by atoms with Gasteiger partial charge in [-0.25, -0.2) is 0 Å². The molecule has 1 amide bonds. The molecule has 112 valence electrons. The molecule has 1 saturated carbocycles. The van der Waals surface area contributed by atoms with Crippen molar-refractivity contribution >= 4 is 11.6 Å². The van der Waals surface area contributed by atoms with Gasteiger partial charge in [-0.05, 0) is 30.9 Å². The van der Waals surface area contributed by atoms with E-state index in [9.17, 15) is 4.79 Å². The van der Waals surface area contributed by atoms with E-state index < -0.39 is 0 Å². The zero-order chi connectivity index (χ0) is 14.3. The van der Waals surface area contributed by atoms with E-state index in [1.807, 2.05) is 17.0 Å². The quantitative estimate of drug-likeness (QED) is 0.796. The zero-order valence-electron chi connectivity index (χ0n) is 12.2. The monoisotopic (exact) mass is 287 g/mol. The third kappa shape index (κ3) is 2.27. The summed E-state index contributed by atoms with van der Waals surface area (Å²) < 4.78 is 11.5. The molecule has 1 aliphatic carbocycles. The number of carbonyl (C=O) groups excluding carboxylic acids is 1. The summed E-state index contributed by atoms with van der Waals surface area (Å²) in [6, 6.07) is 8.25. The van der Waals surface area contributed by atoms with Crippen LogP contribution >= 0.6 is 0 Å². The minimum Gasteiger partial charge on any atom is -0.348 e. The Kier molecular flexibility index (Phi) is 3.23. The first-order valence-electron chi connectivity index (χ1n) is 7.95. The Morgan fingerprint density at radius 2 is 1.86 bits per heavy atom. The fourth-order valence-electron chi connectivity index (χ4n) is 3.88. The lowest BCUT2D eigenvalue weighted by molar-refractivity contribution is -0.183. The van der Waals surface area contributed by atoms with Crippen molar-refractivity contribution in [2.24, 2.45) is 5.92 Å². The maximum absolute atomic E-state index is 12.8. The molecule has 3 aliphatic rings. The lowest BCUT2D eigenvalue weighted by Gasteiger charge is -2.36. The predicted octanol–water partition coefficient (Wildman–Crippen LogP) is 2.51. The molecule has 0 atom stereocenters. The molecule has 0 aromatic heterocycles. The molecular formula is C17H21NO3. The van der Waals surface area contributed by atoms with E-state index >= 15 is 0 Å². The van der Waals surface area contributed by atoms with Gasteiger partial charge in [-0.15, -0.1) is 0 Å². The molecule has 0 radical (unpaired) electrons. The van der Waals surface area contributed by atoms with E-state index in [2.05, 4.69) is 12.1 Å². The molecule has 2 heterocycles. The zero-order valence-corrected chi connectivity index (χ0v) is 12.2. The predicted molar refractivity (Wildman–Crippen MR) is 79.1 cm³/mol.